The fourth-order valence-electron chi connectivity index (χ4n) is 2.28. The minimum Gasteiger partial charge on any atom is -0.315 e. The standard InChI is InChI=1S/C15H21NO2/c1-10-8-11(2)15(12(3)9-10)16(5)14(18)7-6-13(4)17/h8-9H,6-7H2,1-5H3. The summed E-state index contributed by atoms with van der Waals surface area (Å²) >= 11 is 0. The van der Waals surface area contributed by atoms with Crippen LogP contribution >= 0.6 is 0 Å². The molecule has 0 aliphatic heterocycles. The van der Waals surface area contributed by atoms with Gasteiger partial charge in [0.2, 0.25) is 5.91 Å². The number of benzene rings is 1. The second kappa shape index (κ2) is 5.80. The maximum absolute atomic E-state index is 12.0. The van der Waals surface area contributed by atoms with Crippen molar-refractivity contribution in [2.24, 2.45) is 0 Å². The molecule has 1 aromatic rings. The Morgan fingerprint density at radius 3 is 2.00 bits per heavy atom. The van der Waals surface area contributed by atoms with E-state index in [0.717, 1.165) is 16.8 Å². The van der Waals surface area contributed by atoms with E-state index in [-0.39, 0.29) is 18.1 Å². The van der Waals surface area contributed by atoms with Gasteiger partial charge in [0, 0.05) is 25.6 Å². The molecule has 0 saturated carbocycles. The first-order chi connectivity index (χ1) is 8.32. The minimum atomic E-state index is -0.0137. The van der Waals surface area contributed by atoms with Crippen LogP contribution in [-0.2, 0) is 9.59 Å². The summed E-state index contributed by atoms with van der Waals surface area (Å²) in [6.45, 7) is 7.56. The normalized spacial score (nSPS) is 10.3. The fraction of sp³-hybridized carbons (Fsp3) is 0.467. The zero-order chi connectivity index (χ0) is 13.9. The molecule has 0 heterocycles. The lowest BCUT2D eigenvalue weighted by Crippen LogP contribution is -2.27. The zero-order valence-corrected chi connectivity index (χ0v) is 11.8. The van der Waals surface area contributed by atoms with Crippen molar-refractivity contribution in [2.45, 2.75) is 40.5 Å². The summed E-state index contributed by atoms with van der Waals surface area (Å²) in [5.74, 6) is 0.0364. The molecule has 0 atom stereocenters. The summed E-state index contributed by atoms with van der Waals surface area (Å²) in [6, 6.07) is 4.13. The first-order valence-corrected chi connectivity index (χ1v) is 6.16. The number of carbonyl (C=O) groups excluding carboxylic acids is 2. The Morgan fingerprint density at radius 1 is 1.06 bits per heavy atom. The van der Waals surface area contributed by atoms with Gasteiger partial charge in [0.25, 0.3) is 0 Å². The first-order valence-electron chi connectivity index (χ1n) is 6.16. The number of ketones is 1. The summed E-state index contributed by atoms with van der Waals surface area (Å²) in [5.41, 5.74) is 4.32. The number of carbonyl (C=O) groups is 2. The van der Waals surface area contributed by atoms with Crippen molar-refractivity contribution < 1.29 is 9.59 Å². The van der Waals surface area contributed by atoms with Gasteiger partial charge in [-0.05, 0) is 38.8 Å². The maximum Gasteiger partial charge on any atom is 0.227 e. The van der Waals surface area contributed by atoms with Gasteiger partial charge in [-0.2, -0.15) is 0 Å². The Kier molecular flexibility index (Phi) is 4.65. The van der Waals surface area contributed by atoms with Crippen molar-refractivity contribution in [3.8, 4) is 0 Å². The molecule has 0 aliphatic carbocycles. The molecule has 0 N–H and O–H groups in total. The van der Waals surface area contributed by atoms with Crippen molar-refractivity contribution in [1.82, 2.24) is 0 Å². The second-order valence-electron chi connectivity index (χ2n) is 4.90. The first kappa shape index (κ1) is 14.4. The van der Waals surface area contributed by atoms with Gasteiger partial charge < -0.3 is 9.69 Å². The quantitative estimate of drug-likeness (QED) is 0.820. The highest BCUT2D eigenvalue weighted by Crippen LogP contribution is 2.25. The van der Waals surface area contributed by atoms with Crippen LogP contribution in [0.3, 0.4) is 0 Å². The summed E-state index contributed by atoms with van der Waals surface area (Å²) < 4.78 is 0. The zero-order valence-electron chi connectivity index (χ0n) is 11.8. The predicted octanol–water partition coefficient (Wildman–Crippen LogP) is 2.94. The lowest BCUT2D eigenvalue weighted by Gasteiger charge is -2.22. The van der Waals surface area contributed by atoms with Crippen molar-refractivity contribution in [1.29, 1.82) is 0 Å². The van der Waals surface area contributed by atoms with E-state index in [9.17, 15) is 9.59 Å². The monoisotopic (exact) mass is 247 g/mol. The third-order valence-electron chi connectivity index (χ3n) is 3.04. The molecule has 0 aliphatic rings. The number of rotatable bonds is 4. The molecule has 3 heteroatoms. The molecule has 0 bridgehead atoms. The number of nitrogens with zero attached hydrogens (tertiary/aromatic N) is 1. The molecule has 0 radical (unpaired) electrons. The molecule has 0 saturated heterocycles. The van der Waals surface area contributed by atoms with Crippen LogP contribution in [0.15, 0.2) is 12.1 Å². The number of anilines is 1. The van der Waals surface area contributed by atoms with Crippen LogP contribution in [0.5, 0.6) is 0 Å². The van der Waals surface area contributed by atoms with Gasteiger partial charge in [0.1, 0.15) is 5.78 Å². The van der Waals surface area contributed by atoms with E-state index in [1.165, 1.54) is 12.5 Å². The van der Waals surface area contributed by atoms with Gasteiger partial charge in [-0.15, -0.1) is 0 Å². The fourth-order valence-corrected chi connectivity index (χ4v) is 2.28. The van der Waals surface area contributed by atoms with Crippen LogP contribution in [0.25, 0.3) is 0 Å². The average molecular weight is 247 g/mol. The molecular weight excluding hydrogens is 226 g/mol. The van der Waals surface area contributed by atoms with Gasteiger partial charge in [0.05, 0.1) is 0 Å². The van der Waals surface area contributed by atoms with Crippen LogP contribution < -0.4 is 4.90 Å². The van der Waals surface area contributed by atoms with E-state index < -0.39 is 0 Å². The van der Waals surface area contributed by atoms with E-state index in [1.54, 1.807) is 11.9 Å². The SMILES string of the molecule is CC(=O)CCC(=O)N(C)c1c(C)cc(C)cc1C. The van der Waals surface area contributed by atoms with Gasteiger partial charge in [-0.25, -0.2) is 0 Å². The topological polar surface area (TPSA) is 37.4 Å². The van der Waals surface area contributed by atoms with Crippen LogP contribution in [0.4, 0.5) is 5.69 Å². The molecule has 0 spiro atoms. The van der Waals surface area contributed by atoms with Crippen molar-refractivity contribution in [2.75, 3.05) is 11.9 Å². The largest absolute Gasteiger partial charge is 0.315 e. The number of amides is 1. The molecule has 3 nitrogen and oxygen atoms in total. The molecule has 0 aromatic heterocycles. The van der Waals surface area contributed by atoms with E-state index in [4.69, 9.17) is 0 Å². The average Bonchev–Trinajstić information content (AvgIpc) is 2.24. The molecule has 1 rings (SSSR count). The number of hydrogen-bond donors (Lipinski definition) is 0. The van der Waals surface area contributed by atoms with Crippen LogP contribution in [0.2, 0.25) is 0 Å². The Labute approximate surface area is 109 Å². The maximum atomic E-state index is 12.0. The third-order valence-corrected chi connectivity index (χ3v) is 3.04. The van der Waals surface area contributed by atoms with Gasteiger partial charge >= 0.3 is 0 Å². The van der Waals surface area contributed by atoms with E-state index in [1.807, 2.05) is 20.8 Å². The Balaban J connectivity index is 2.93. The van der Waals surface area contributed by atoms with Crippen molar-refractivity contribution >= 4 is 17.4 Å². The highest BCUT2D eigenvalue weighted by Gasteiger charge is 2.15. The van der Waals surface area contributed by atoms with Gasteiger partial charge in [-0.3, -0.25) is 4.79 Å². The number of Topliss-reactive ketones (excluding diaryl/α,β-unsaturated/α-hetero) is 1. The van der Waals surface area contributed by atoms with Crippen LogP contribution in [0.1, 0.15) is 36.5 Å². The number of hydrogen-bond acceptors (Lipinski definition) is 2. The Morgan fingerprint density at radius 2 is 1.56 bits per heavy atom. The van der Waals surface area contributed by atoms with Crippen molar-refractivity contribution in [3.05, 3.63) is 28.8 Å². The van der Waals surface area contributed by atoms with Crippen LogP contribution in [0, 0.1) is 20.8 Å². The summed E-state index contributed by atoms with van der Waals surface area (Å²) in [6.07, 6.45) is 0.589. The lowest BCUT2D eigenvalue weighted by molar-refractivity contribution is -0.122. The number of aryl methyl sites for hydroxylation is 3. The van der Waals surface area contributed by atoms with Gasteiger partial charge in [-0.1, -0.05) is 17.7 Å². The summed E-state index contributed by atoms with van der Waals surface area (Å²) in [7, 11) is 1.77. The highest BCUT2D eigenvalue weighted by molar-refractivity contribution is 5.96. The van der Waals surface area contributed by atoms with Crippen molar-refractivity contribution in [3.63, 3.8) is 0 Å². The minimum absolute atomic E-state index is 0.0137. The van der Waals surface area contributed by atoms with E-state index in [2.05, 4.69) is 12.1 Å². The highest BCUT2D eigenvalue weighted by atomic mass is 16.2. The third kappa shape index (κ3) is 3.42. The van der Waals surface area contributed by atoms with Gasteiger partial charge in [0.15, 0.2) is 0 Å². The molecule has 18 heavy (non-hydrogen) atoms. The lowest BCUT2D eigenvalue weighted by atomic mass is 10.0. The van der Waals surface area contributed by atoms with E-state index in [0.29, 0.717) is 6.42 Å². The van der Waals surface area contributed by atoms with Crippen LogP contribution in [-0.4, -0.2) is 18.7 Å². The summed E-state index contributed by atoms with van der Waals surface area (Å²) in [4.78, 5) is 24.6. The molecular formula is C15H21NO2. The predicted molar refractivity (Wildman–Crippen MR) is 74.0 cm³/mol. The Hall–Kier alpha value is -1.64. The summed E-state index contributed by atoms with van der Waals surface area (Å²) in [5, 5.41) is 0. The Bertz CT molecular complexity index is 454. The molecule has 98 valence electrons. The molecule has 1 amide bonds. The smallest absolute Gasteiger partial charge is 0.227 e. The second-order valence-corrected chi connectivity index (χ2v) is 4.90. The van der Waals surface area contributed by atoms with E-state index >= 15 is 0 Å². The molecule has 0 fully saturated rings. The molecule has 0 unspecified atom stereocenters. The molecule has 1 aromatic carbocycles.